The summed E-state index contributed by atoms with van der Waals surface area (Å²) >= 11 is 12.7. The molecule has 142 valence electrons. The van der Waals surface area contributed by atoms with Crippen molar-refractivity contribution in [1.29, 1.82) is 0 Å². The second-order valence-corrected chi connectivity index (χ2v) is 8.09. The first kappa shape index (κ1) is 18.5. The molecular weight excluding hydrogens is 383 g/mol. The molecule has 2 aromatic heterocycles. The summed E-state index contributed by atoms with van der Waals surface area (Å²) in [7, 11) is 0. The number of fused-ring (bicyclic) bond motifs is 1. The highest BCUT2D eigenvalue weighted by Gasteiger charge is 2.29. The number of nitrogens with two attached hydrogens (primary N) is 2. The Morgan fingerprint density at radius 1 is 1.22 bits per heavy atom. The minimum atomic E-state index is -0.129. The van der Waals surface area contributed by atoms with Crippen molar-refractivity contribution in [2.75, 3.05) is 18.0 Å². The highest BCUT2D eigenvalue weighted by atomic mass is 35.5. The standard InChI is InChI=1S/C19H22Cl2N6/c1-19(23)5-8-26(9-6-19)18-25-14(11-22)15(17-24-7-10-27(17)18)12-3-2-4-13(20)16(12)21/h2-4,7,10H,5-6,8-9,11,22-23H2,1H3. The maximum atomic E-state index is 6.48. The number of anilines is 1. The van der Waals surface area contributed by atoms with E-state index in [1.807, 2.05) is 22.7 Å². The number of imidazole rings is 1. The molecule has 1 saturated heterocycles. The largest absolute Gasteiger partial charge is 0.342 e. The predicted octanol–water partition coefficient (Wildman–Crippen LogP) is 3.48. The van der Waals surface area contributed by atoms with E-state index < -0.39 is 0 Å². The maximum Gasteiger partial charge on any atom is 0.211 e. The Hall–Kier alpha value is -1.86. The highest BCUT2D eigenvalue weighted by molar-refractivity contribution is 6.43. The van der Waals surface area contributed by atoms with Crippen molar-refractivity contribution < 1.29 is 0 Å². The predicted molar refractivity (Wildman–Crippen MR) is 110 cm³/mol. The van der Waals surface area contributed by atoms with Gasteiger partial charge < -0.3 is 16.4 Å². The van der Waals surface area contributed by atoms with Crippen molar-refractivity contribution in [1.82, 2.24) is 14.4 Å². The SMILES string of the molecule is CC1(N)CCN(c2nc(CN)c(-c3cccc(Cl)c3Cl)c3nccn23)CC1. The van der Waals surface area contributed by atoms with Gasteiger partial charge in [0.15, 0.2) is 0 Å². The normalized spacial score (nSPS) is 16.9. The van der Waals surface area contributed by atoms with E-state index in [9.17, 15) is 0 Å². The molecule has 0 aliphatic carbocycles. The lowest BCUT2D eigenvalue weighted by Gasteiger charge is -2.37. The first-order valence-corrected chi connectivity index (χ1v) is 9.71. The summed E-state index contributed by atoms with van der Waals surface area (Å²) in [5, 5.41) is 0.967. The van der Waals surface area contributed by atoms with Gasteiger partial charge in [0.2, 0.25) is 5.95 Å². The number of nitrogens with zero attached hydrogens (tertiary/aromatic N) is 4. The quantitative estimate of drug-likeness (QED) is 0.697. The molecule has 0 radical (unpaired) electrons. The van der Waals surface area contributed by atoms with Crippen molar-refractivity contribution in [3.63, 3.8) is 0 Å². The third kappa shape index (κ3) is 3.27. The number of halogens is 2. The summed E-state index contributed by atoms with van der Waals surface area (Å²) in [6.07, 6.45) is 5.49. The molecule has 27 heavy (non-hydrogen) atoms. The fraction of sp³-hybridized carbons (Fsp3) is 0.368. The fourth-order valence-electron chi connectivity index (χ4n) is 3.57. The Morgan fingerprint density at radius 3 is 2.67 bits per heavy atom. The molecule has 0 bridgehead atoms. The van der Waals surface area contributed by atoms with Crippen molar-refractivity contribution in [2.24, 2.45) is 11.5 Å². The molecule has 0 unspecified atom stereocenters. The summed E-state index contributed by atoms with van der Waals surface area (Å²) < 4.78 is 1.99. The number of rotatable bonds is 3. The van der Waals surface area contributed by atoms with Crippen LogP contribution in [-0.2, 0) is 6.54 Å². The van der Waals surface area contributed by atoms with Gasteiger partial charge in [-0.2, -0.15) is 0 Å². The van der Waals surface area contributed by atoms with E-state index in [2.05, 4.69) is 16.8 Å². The van der Waals surface area contributed by atoms with Crippen molar-refractivity contribution in [3.8, 4) is 11.1 Å². The average molecular weight is 405 g/mol. The van der Waals surface area contributed by atoms with E-state index in [0.29, 0.717) is 10.0 Å². The third-order valence-corrected chi connectivity index (χ3v) is 6.03. The maximum absolute atomic E-state index is 6.48. The Kier molecular flexibility index (Phi) is 4.76. The molecule has 6 nitrogen and oxygen atoms in total. The molecule has 3 heterocycles. The van der Waals surface area contributed by atoms with E-state index in [1.54, 1.807) is 12.3 Å². The number of aromatic nitrogens is 3. The lowest BCUT2D eigenvalue weighted by atomic mass is 9.91. The first-order chi connectivity index (χ1) is 12.9. The summed E-state index contributed by atoms with van der Waals surface area (Å²) in [5.74, 6) is 0.834. The van der Waals surface area contributed by atoms with E-state index >= 15 is 0 Å². The van der Waals surface area contributed by atoms with Crippen LogP contribution in [0.2, 0.25) is 10.0 Å². The molecule has 0 spiro atoms. The fourth-order valence-corrected chi connectivity index (χ4v) is 3.97. The molecule has 1 aliphatic rings. The molecule has 1 fully saturated rings. The van der Waals surface area contributed by atoms with Crippen molar-refractivity contribution >= 4 is 34.8 Å². The lowest BCUT2D eigenvalue weighted by Crippen LogP contribution is -2.48. The second kappa shape index (κ2) is 6.95. The van der Waals surface area contributed by atoms with Gasteiger partial charge >= 0.3 is 0 Å². The van der Waals surface area contributed by atoms with Crippen LogP contribution in [0.5, 0.6) is 0 Å². The molecule has 0 amide bonds. The zero-order chi connectivity index (χ0) is 19.2. The van der Waals surface area contributed by atoms with Gasteiger partial charge in [-0.25, -0.2) is 9.97 Å². The number of hydrogen-bond donors (Lipinski definition) is 2. The van der Waals surface area contributed by atoms with Crippen molar-refractivity contribution in [3.05, 3.63) is 46.3 Å². The summed E-state index contributed by atoms with van der Waals surface area (Å²) in [6.45, 7) is 4.06. The molecule has 4 N–H and O–H groups in total. The topological polar surface area (TPSA) is 85.5 Å². The van der Waals surface area contributed by atoms with Crippen LogP contribution in [0, 0.1) is 0 Å². The van der Waals surface area contributed by atoms with Gasteiger partial charge in [0.25, 0.3) is 0 Å². The third-order valence-electron chi connectivity index (χ3n) is 5.21. The van der Waals surface area contributed by atoms with Crippen LogP contribution in [-0.4, -0.2) is 33.0 Å². The summed E-state index contributed by atoms with van der Waals surface area (Å²) in [6, 6.07) is 5.54. The molecule has 8 heteroatoms. The zero-order valence-corrected chi connectivity index (χ0v) is 16.6. The molecule has 1 aromatic carbocycles. The summed E-state index contributed by atoms with van der Waals surface area (Å²) in [4.78, 5) is 11.7. The van der Waals surface area contributed by atoms with Crippen LogP contribution in [0.15, 0.2) is 30.6 Å². The van der Waals surface area contributed by atoms with Gasteiger partial charge in [0, 0.05) is 48.7 Å². The smallest absolute Gasteiger partial charge is 0.211 e. The zero-order valence-electron chi connectivity index (χ0n) is 15.1. The molecule has 1 aliphatic heterocycles. The van der Waals surface area contributed by atoms with Crippen LogP contribution in [0.25, 0.3) is 16.8 Å². The highest BCUT2D eigenvalue weighted by Crippen LogP contribution is 2.38. The average Bonchev–Trinajstić information content (AvgIpc) is 3.13. The van der Waals surface area contributed by atoms with E-state index in [-0.39, 0.29) is 12.1 Å². The first-order valence-electron chi connectivity index (χ1n) is 8.95. The second-order valence-electron chi connectivity index (χ2n) is 7.30. The van der Waals surface area contributed by atoms with Crippen molar-refractivity contribution in [2.45, 2.75) is 31.8 Å². The number of hydrogen-bond acceptors (Lipinski definition) is 5. The molecular formula is C19H22Cl2N6. The Morgan fingerprint density at radius 2 is 1.96 bits per heavy atom. The molecule has 0 atom stereocenters. The van der Waals surface area contributed by atoms with Gasteiger partial charge in [-0.3, -0.25) is 4.40 Å². The Labute approximate surface area is 168 Å². The van der Waals surface area contributed by atoms with Gasteiger partial charge in [-0.1, -0.05) is 35.3 Å². The van der Waals surface area contributed by atoms with E-state index in [1.165, 1.54) is 0 Å². The van der Waals surface area contributed by atoms with Gasteiger partial charge in [0.1, 0.15) is 5.65 Å². The van der Waals surface area contributed by atoms with Gasteiger partial charge in [0.05, 0.1) is 15.7 Å². The van der Waals surface area contributed by atoms with Crippen LogP contribution >= 0.6 is 23.2 Å². The van der Waals surface area contributed by atoms with Crippen LogP contribution < -0.4 is 16.4 Å². The molecule has 4 rings (SSSR count). The van der Waals surface area contributed by atoms with Crippen LogP contribution in [0.4, 0.5) is 5.95 Å². The van der Waals surface area contributed by atoms with Crippen LogP contribution in [0.1, 0.15) is 25.5 Å². The van der Waals surface area contributed by atoms with E-state index in [0.717, 1.165) is 54.3 Å². The minimum Gasteiger partial charge on any atom is -0.342 e. The molecule has 3 aromatic rings. The number of benzene rings is 1. The Balaban J connectivity index is 1.89. The minimum absolute atomic E-state index is 0.129. The van der Waals surface area contributed by atoms with Gasteiger partial charge in [-0.15, -0.1) is 0 Å². The Bertz CT molecular complexity index is 987. The number of piperidine rings is 1. The molecule has 0 saturated carbocycles. The monoisotopic (exact) mass is 404 g/mol. The van der Waals surface area contributed by atoms with Crippen LogP contribution in [0.3, 0.4) is 0 Å². The lowest BCUT2D eigenvalue weighted by molar-refractivity contribution is 0.361. The van der Waals surface area contributed by atoms with E-state index in [4.69, 9.17) is 39.7 Å². The summed E-state index contributed by atoms with van der Waals surface area (Å²) in [5.41, 5.74) is 15.3. The van der Waals surface area contributed by atoms with Gasteiger partial charge in [-0.05, 0) is 25.8 Å².